The summed E-state index contributed by atoms with van der Waals surface area (Å²) in [5.74, 6) is -1.53. The van der Waals surface area contributed by atoms with E-state index in [9.17, 15) is 18.7 Å². The predicted octanol–water partition coefficient (Wildman–Crippen LogP) is 2.78. The topological polar surface area (TPSA) is 61.4 Å². The summed E-state index contributed by atoms with van der Waals surface area (Å²) >= 11 is 0. The minimum Gasteiger partial charge on any atom is -0.394 e. The van der Waals surface area contributed by atoms with Crippen molar-refractivity contribution >= 4 is 11.7 Å². The Labute approximate surface area is 116 Å². The van der Waals surface area contributed by atoms with Crippen molar-refractivity contribution in [2.24, 2.45) is 0 Å². The van der Waals surface area contributed by atoms with E-state index in [4.69, 9.17) is 0 Å². The molecule has 0 bridgehead atoms. The van der Waals surface area contributed by atoms with Crippen molar-refractivity contribution in [2.45, 2.75) is 37.6 Å². The van der Waals surface area contributed by atoms with E-state index < -0.39 is 23.2 Å². The molecule has 0 heterocycles. The molecule has 110 valence electrons. The number of hydrogen-bond donors (Lipinski definition) is 3. The minimum absolute atomic E-state index is 0.0900. The number of nitrogens with one attached hydrogen (secondary N) is 2. The number of rotatable bonds is 3. The third-order valence-corrected chi connectivity index (χ3v) is 3.67. The van der Waals surface area contributed by atoms with Gasteiger partial charge in [0, 0.05) is 6.07 Å². The second kappa shape index (κ2) is 6.17. The van der Waals surface area contributed by atoms with Gasteiger partial charge in [0.15, 0.2) is 0 Å². The Bertz CT molecular complexity index is 488. The molecule has 3 N–H and O–H groups in total. The van der Waals surface area contributed by atoms with E-state index >= 15 is 0 Å². The van der Waals surface area contributed by atoms with Crippen molar-refractivity contribution in [3.8, 4) is 0 Å². The number of aliphatic hydroxyl groups excluding tert-OH is 1. The van der Waals surface area contributed by atoms with Gasteiger partial charge in [-0.1, -0.05) is 19.3 Å². The Morgan fingerprint density at radius 2 is 1.95 bits per heavy atom. The summed E-state index contributed by atoms with van der Waals surface area (Å²) in [5, 5.41) is 14.5. The molecule has 1 aliphatic rings. The molecule has 2 amide bonds. The molecular weight excluding hydrogens is 266 g/mol. The summed E-state index contributed by atoms with van der Waals surface area (Å²) < 4.78 is 26.2. The van der Waals surface area contributed by atoms with Crippen molar-refractivity contribution in [1.29, 1.82) is 0 Å². The van der Waals surface area contributed by atoms with Crippen LogP contribution in [0.1, 0.15) is 32.1 Å². The van der Waals surface area contributed by atoms with Gasteiger partial charge in [-0.25, -0.2) is 13.6 Å². The highest BCUT2D eigenvalue weighted by Crippen LogP contribution is 2.28. The lowest BCUT2D eigenvalue weighted by Gasteiger charge is -2.36. The van der Waals surface area contributed by atoms with Gasteiger partial charge in [-0.05, 0) is 25.0 Å². The van der Waals surface area contributed by atoms with Gasteiger partial charge in [-0.15, -0.1) is 0 Å². The molecule has 20 heavy (non-hydrogen) atoms. The molecule has 4 nitrogen and oxygen atoms in total. The van der Waals surface area contributed by atoms with Crippen molar-refractivity contribution in [3.05, 3.63) is 29.8 Å². The van der Waals surface area contributed by atoms with Crippen molar-refractivity contribution in [1.82, 2.24) is 5.32 Å². The van der Waals surface area contributed by atoms with Crippen LogP contribution in [0.4, 0.5) is 19.3 Å². The van der Waals surface area contributed by atoms with Crippen LogP contribution in [0.25, 0.3) is 0 Å². The molecule has 0 spiro atoms. The molecule has 0 atom stereocenters. The van der Waals surface area contributed by atoms with E-state index in [1.165, 1.54) is 0 Å². The summed E-state index contributed by atoms with van der Waals surface area (Å²) in [7, 11) is 0. The van der Waals surface area contributed by atoms with Gasteiger partial charge in [-0.3, -0.25) is 0 Å². The van der Waals surface area contributed by atoms with Crippen molar-refractivity contribution in [2.75, 3.05) is 11.9 Å². The van der Waals surface area contributed by atoms with Crippen molar-refractivity contribution in [3.63, 3.8) is 0 Å². The number of carbonyl (C=O) groups excluding carboxylic acids is 1. The van der Waals surface area contributed by atoms with E-state index in [-0.39, 0.29) is 12.3 Å². The summed E-state index contributed by atoms with van der Waals surface area (Å²) in [6.45, 7) is -0.147. The van der Waals surface area contributed by atoms with Gasteiger partial charge >= 0.3 is 6.03 Å². The fourth-order valence-electron chi connectivity index (χ4n) is 2.54. The lowest BCUT2D eigenvalue weighted by Crippen LogP contribution is -2.53. The predicted molar refractivity (Wildman–Crippen MR) is 71.4 cm³/mol. The standard InChI is InChI=1S/C14H18F2N2O2/c15-10-4-5-12(11(16)8-10)17-13(20)18-14(9-19)6-2-1-3-7-14/h4-5,8,19H,1-3,6-7,9H2,(H2,17,18,20). The number of benzene rings is 1. The Morgan fingerprint density at radius 1 is 1.25 bits per heavy atom. The fourth-order valence-corrected chi connectivity index (χ4v) is 2.54. The summed E-state index contributed by atoms with van der Waals surface area (Å²) in [6.07, 6.45) is 4.35. The molecular formula is C14H18F2N2O2. The van der Waals surface area contributed by atoms with Crippen LogP contribution in [0.15, 0.2) is 18.2 Å². The molecule has 2 rings (SSSR count). The molecule has 6 heteroatoms. The van der Waals surface area contributed by atoms with Gasteiger partial charge in [0.05, 0.1) is 17.8 Å². The summed E-state index contributed by atoms with van der Waals surface area (Å²) in [6, 6.07) is 2.35. The molecule has 1 fully saturated rings. The average molecular weight is 284 g/mol. The quantitative estimate of drug-likeness (QED) is 0.799. The lowest BCUT2D eigenvalue weighted by molar-refractivity contribution is 0.128. The molecule has 0 saturated heterocycles. The van der Waals surface area contributed by atoms with E-state index in [0.29, 0.717) is 18.9 Å². The van der Waals surface area contributed by atoms with E-state index in [2.05, 4.69) is 10.6 Å². The van der Waals surface area contributed by atoms with Gasteiger partial charge in [-0.2, -0.15) is 0 Å². The smallest absolute Gasteiger partial charge is 0.319 e. The Kier molecular flexibility index (Phi) is 4.54. The fraction of sp³-hybridized carbons (Fsp3) is 0.500. The highest BCUT2D eigenvalue weighted by atomic mass is 19.1. The third-order valence-electron chi connectivity index (χ3n) is 3.67. The summed E-state index contributed by atoms with van der Waals surface area (Å²) in [4.78, 5) is 11.9. The second-order valence-electron chi connectivity index (χ2n) is 5.20. The number of amides is 2. The first-order chi connectivity index (χ1) is 9.54. The monoisotopic (exact) mass is 284 g/mol. The highest BCUT2D eigenvalue weighted by Gasteiger charge is 2.33. The molecule has 1 aromatic carbocycles. The number of anilines is 1. The molecule has 1 saturated carbocycles. The number of hydrogen-bond acceptors (Lipinski definition) is 2. The van der Waals surface area contributed by atoms with Gasteiger partial charge in [0.25, 0.3) is 0 Å². The summed E-state index contributed by atoms with van der Waals surface area (Å²) in [5.41, 5.74) is -0.730. The number of aliphatic hydroxyl groups is 1. The van der Waals surface area contributed by atoms with Crippen LogP contribution >= 0.6 is 0 Å². The maximum atomic E-state index is 13.4. The van der Waals surface area contributed by atoms with Gasteiger partial charge < -0.3 is 15.7 Å². The average Bonchev–Trinajstić information content (AvgIpc) is 2.43. The minimum atomic E-state index is -0.832. The van der Waals surface area contributed by atoms with Crippen LogP contribution in [0.5, 0.6) is 0 Å². The largest absolute Gasteiger partial charge is 0.394 e. The zero-order valence-corrected chi connectivity index (χ0v) is 11.1. The molecule has 1 aliphatic carbocycles. The van der Waals surface area contributed by atoms with Crippen molar-refractivity contribution < 1.29 is 18.7 Å². The molecule has 0 unspecified atom stereocenters. The number of carbonyl (C=O) groups is 1. The maximum absolute atomic E-state index is 13.4. The number of urea groups is 1. The van der Waals surface area contributed by atoms with E-state index in [1.54, 1.807) is 0 Å². The number of halogens is 2. The first kappa shape index (κ1) is 14.7. The molecule has 0 aliphatic heterocycles. The normalized spacial score (nSPS) is 17.6. The van der Waals surface area contributed by atoms with Crippen LogP contribution < -0.4 is 10.6 Å². The van der Waals surface area contributed by atoms with Gasteiger partial charge in [0.1, 0.15) is 11.6 Å². The first-order valence-electron chi connectivity index (χ1n) is 6.70. The van der Waals surface area contributed by atoms with Crippen LogP contribution in [-0.4, -0.2) is 23.3 Å². The second-order valence-corrected chi connectivity index (χ2v) is 5.20. The van der Waals surface area contributed by atoms with Crippen LogP contribution in [0.2, 0.25) is 0 Å². The molecule has 1 aromatic rings. The zero-order valence-electron chi connectivity index (χ0n) is 11.1. The maximum Gasteiger partial charge on any atom is 0.319 e. The Morgan fingerprint density at radius 3 is 2.55 bits per heavy atom. The molecule has 0 radical (unpaired) electrons. The van der Waals surface area contributed by atoms with E-state index in [1.807, 2.05) is 0 Å². The molecule has 0 aromatic heterocycles. The van der Waals surface area contributed by atoms with Crippen LogP contribution in [0, 0.1) is 11.6 Å². The zero-order chi connectivity index (χ0) is 14.6. The SMILES string of the molecule is O=C(Nc1ccc(F)cc1F)NC1(CO)CCCCC1. The van der Waals surface area contributed by atoms with Gasteiger partial charge in [0.2, 0.25) is 0 Å². The van der Waals surface area contributed by atoms with Crippen LogP contribution in [0.3, 0.4) is 0 Å². The van der Waals surface area contributed by atoms with Crippen LogP contribution in [-0.2, 0) is 0 Å². The highest BCUT2D eigenvalue weighted by molar-refractivity contribution is 5.89. The lowest BCUT2D eigenvalue weighted by atomic mass is 9.82. The van der Waals surface area contributed by atoms with E-state index in [0.717, 1.165) is 31.4 Å². The third kappa shape index (κ3) is 3.45. The first-order valence-corrected chi connectivity index (χ1v) is 6.70. The Balaban J connectivity index is 2.00. The Hall–Kier alpha value is -1.69.